The lowest BCUT2D eigenvalue weighted by molar-refractivity contribution is -0.274. The SMILES string of the molecule is CNCCn1c(Nc2nc3ccc(OC(F)(F)F)cc3s2)nc2cc(C(=O)CCCOCCO)ccc21. The van der Waals surface area contributed by atoms with E-state index < -0.39 is 6.36 Å². The van der Waals surface area contributed by atoms with Crippen molar-refractivity contribution in [3.8, 4) is 5.75 Å². The number of nitrogens with one attached hydrogen (secondary N) is 2. The molecule has 0 spiro atoms. The number of fused-ring (bicyclic) bond motifs is 2. The summed E-state index contributed by atoms with van der Waals surface area (Å²) in [5.41, 5.74) is 2.51. The van der Waals surface area contributed by atoms with Gasteiger partial charge in [0.2, 0.25) is 5.95 Å². The topological polar surface area (TPSA) is 111 Å². The molecule has 4 aromatic rings. The van der Waals surface area contributed by atoms with Gasteiger partial charge in [-0.1, -0.05) is 11.3 Å². The number of aromatic nitrogens is 3. The minimum atomic E-state index is -4.77. The number of Topliss-reactive ketones (excluding diaryl/α,β-unsaturated/α-hetero) is 1. The van der Waals surface area contributed by atoms with Gasteiger partial charge in [-0.3, -0.25) is 4.79 Å². The van der Waals surface area contributed by atoms with Crippen LogP contribution in [-0.4, -0.2) is 65.2 Å². The van der Waals surface area contributed by atoms with Gasteiger partial charge in [0.25, 0.3) is 0 Å². The number of carbonyl (C=O) groups is 1. The van der Waals surface area contributed by atoms with E-state index in [9.17, 15) is 18.0 Å². The second-order valence-electron chi connectivity index (χ2n) is 8.08. The van der Waals surface area contributed by atoms with Crippen LogP contribution in [0.2, 0.25) is 0 Å². The third kappa shape index (κ3) is 6.95. The summed E-state index contributed by atoms with van der Waals surface area (Å²) in [6.07, 6.45) is -3.91. The maximum Gasteiger partial charge on any atom is 0.573 e. The minimum Gasteiger partial charge on any atom is -0.406 e. The number of hydrogen-bond acceptors (Lipinski definition) is 9. The molecule has 37 heavy (non-hydrogen) atoms. The number of likely N-dealkylation sites (N-methyl/N-ethyl adjacent to an activating group) is 1. The van der Waals surface area contributed by atoms with Gasteiger partial charge in [-0.15, -0.1) is 13.2 Å². The molecule has 9 nitrogen and oxygen atoms in total. The van der Waals surface area contributed by atoms with E-state index in [4.69, 9.17) is 9.84 Å². The number of aliphatic hydroxyl groups excluding tert-OH is 1. The average molecular weight is 538 g/mol. The van der Waals surface area contributed by atoms with Gasteiger partial charge in [0.1, 0.15) is 5.75 Å². The second-order valence-corrected chi connectivity index (χ2v) is 9.11. The Balaban J connectivity index is 1.56. The maximum atomic E-state index is 12.6. The third-order valence-corrected chi connectivity index (χ3v) is 6.33. The molecule has 0 saturated heterocycles. The third-order valence-electron chi connectivity index (χ3n) is 5.40. The van der Waals surface area contributed by atoms with Gasteiger partial charge in [-0.05, 0) is 43.8 Å². The predicted octanol–water partition coefficient (Wildman–Crippen LogP) is 4.48. The molecule has 0 fully saturated rings. The number of benzene rings is 2. The van der Waals surface area contributed by atoms with Crippen LogP contribution in [0.15, 0.2) is 36.4 Å². The second kappa shape index (κ2) is 11.9. The molecule has 2 aromatic carbocycles. The smallest absolute Gasteiger partial charge is 0.406 e. The summed E-state index contributed by atoms with van der Waals surface area (Å²) in [7, 11) is 1.83. The summed E-state index contributed by atoms with van der Waals surface area (Å²) in [5, 5.41) is 15.5. The van der Waals surface area contributed by atoms with Crippen molar-refractivity contribution in [3.63, 3.8) is 0 Å². The summed E-state index contributed by atoms with van der Waals surface area (Å²) >= 11 is 1.18. The van der Waals surface area contributed by atoms with Gasteiger partial charge in [-0.25, -0.2) is 9.97 Å². The number of imidazole rings is 1. The lowest BCUT2D eigenvalue weighted by Gasteiger charge is -2.09. The van der Waals surface area contributed by atoms with Crippen molar-refractivity contribution < 1.29 is 32.5 Å². The number of carbonyl (C=O) groups excluding carboxylic acids is 1. The largest absolute Gasteiger partial charge is 0.573 e. The van der Waals surface area contributed by atoms with E-state index in [2.05, 4.69) is 25.3 Å². The van der Waals surface area contributed by atoms with Gasteiger partial charge in [0.15, 0.2) is 10.9 Å². The minimum absolute atomic E-state index is 0.0307. The zero-order valence-corrected chi connectivity index (χ0v) is 20.8. The van der Waals surface area contributed by atoms with E-state index in [1.165, 1.54) is 29.5 Å². The zero-order chi connectivity index (χ0) is 26.4. The Morgan fingerprint density at radius 2 is 1.97 bits per heavy atom. The summed E-state index contributed by atoms with van der Waals surface area (Å²) < 4.78 is 49.4. The normalized spacial score (nSPS) is 11.9. The van der Waals surface area contributed by atoms with Crippen molar-refractivity contribution in [2.45, 2.75) is 25.7 Å². The van der Waals surface area contributed by atoms with Crippen molar-refractivity contribution in [3.05, 3.63) is 42.0 Å². The number of ether oxygens (including phenoxy) is 2. The lowest BCUT2D eigenvalue weighted by atomic mass is 10.1. The first-order valence-electron chi connectivity index (χ1n) is 11.6. The fourth-order valence-electron chi connectivity index (χ4n) is 3.75. The van der Waals surface area contributed by atoms with Crippen molar-refractivity contribution in [1.82, 2.24) is 19.9 Å². The van der Waals surface area contributed by atoms with Gasteiger partial charge in [-0.2, -0.15) is 0 Å². The molecular formula is C24H26F3N5O4S. The molecule has 0 aliphatic rings. The number of alkyl halides is 3. The van der Waals surface area contributed by atoms with E-state index >= 15 is 0 Å². The first kappa shape index (κ1) is 26.8. The Bertz CT molecular complexity index is 1370. The first-order valence-corrected chi connectivity index (χ1v) is 12.4. The number of nitrogens with zero attached hydrogens (tertiary/aromatic N) is 3. The molecule has 3 N–H and O–H groups in total. The number of ketones is 1. The van der Waals surface area contributed by atoms with Gasteiger partial charge >= 0.3 is 6.36 Å². The van der Waals surface area contributed by atoms with E-state index in [0.29, 0.717) is 64.9 Å². The Hall–Kier alpha value is -3.26. The van der Waals surface area contributed by atoms with E-state index in [0.717, 1.165) is 5.52 Å². The molecule has 0 saturated carbocycles. The highest BCUT2D eigenvalue weighted by molar-refractivity contribution is 7.22. The Morgan fingerprint density at radius 1 is 1.14 bits per heavy atom. The van der Waals surface area contributed by atoms with E-state index in [1.807, 2.05) is 17.7 Å². The van der Waals surface area contributed by atoms with Gasteiger partial charge in [0, 0.05) is 37.7 Å². The Labute approximate surface area is 214 Å². The highest BCUT2D eigenvalue weighted by Crippen LogP contribution is 2.33. The first-order chi connectivity index (χ1) is 17.8. The molecule has 0 radical (unpaired) electrons. The highest BCUT2D eigenvalue weighted by Gasteiger charge is 2.31. The summed E-state index contributed by atoms with van der Waals surface area (Å²) in [5.74, 6) is 0.156. The number of aliphatic hydroxyl groups is 1. The molecule has 0 aliphatic heterocycles. The fraction of sp³-hybridized carbons (Fsp3) is 0.375. The van der Waals surface area contributed by atoms with Crippen molar-refractivity contribution in [2.75, 3.05) is 38.7 Å². The highest BCUT2D eigenvalue weighted by atomic mass is 32.1. The molecule has 198 valence electrons. The Kier molecular flexibility index (Phi) is 8.59. The van der Waals surface area contributed by atoms with Gasteiger partial charge in [0.05, 0.1) is 34.5 Å². The van der Waals surface area contributed by atoms with Crippen molar-refractivity contribution >= 4 is 49.4 Å². The van der Waals surface area contributed by atoms with Crippen molar-refractivity contribution in [1.29, 1.82) is 0 Å². The molecule has 0 unspecified atom stereocenters. The molecule has 0 amide bonds. The number of halogens is 3. The number of thiazole rings is 1. The number of hydrogen-bond donors (Lipinski definition) is 3. The van der Waals surface area contributed by atoms with E-state index in [1.54, 1.807) is 12.1 Å². The monoisotopic (exact) mass is 537 g/mol. The zero-order valence-electron chi connectivity index (χ0n) is 20.0. The molecule has 13 heteroatoms. The van der Waals surface area contributed by atoms with Crippen LogP contribution in [0, 0.1) is 0 Å². The average Bonchev–Trinajstić information content (AvgIpc) is 3.40. The van der Waals surface area contributed by atoms with Crippen LogP contribution in [-0.2, 0) is 11.3 Å². The number of rotatable bonds is 13. The Morgan fingerprint density at radius 3 is 2.73 bits per heavy atom. The lowest BCUT2D eigenvalue weighted by Crippen LogP contribution is -2.16. The van der Waals surface area contributed by atoms with Crippen LogP contribution in [0.3, 0.4) is 0 Å². The molecule has 2 heterocycles. The molecule has 0 aliphatic carbocycles. The van der Waals surface area contributed by atoms with Crippen LogP contribution in [0.5, 0.6) is 5.75 Å². The summed E-state index contributed by atoms with van der Waals surface area (Å²) in [6, 6.07) is 9.33. The van der Waals surface area contributed by atoms with Crippen LogP contribution >= 0.6 is 11.3 Å². The summed E-state index contributed by atoms with van der Waals surface area (Å²) in [6.45, 7) is 1.83. The predicted molar refractivity (Wildman–Crippen MR) is 135 cm³/mol. The van der Waals surface area contributed by atoms with E-state index in [-0.39, 0.29) is 24.7 Å². The van der Waals surface area contributed by atoms with Crippen LogP contribution in [0.25, 0.3) is 21.3 Å². The maximum absolute atomic E-state index is 12.6. The van der Waals surface area contributed by atoms with Crippen LogP contribution in [0.1, 0.15) is 23.2 Å². The molecule has 2 aromatic heterocycles. The molecular weight excluding hydrogens is 511 g/mol. The quantitative estimate of drug-likeness (QED) is 0.169. The summed E-state index contributed by atoms with van der Waals surface area (Å²) in [4.78, 5) is 21.8. The van der Waals surface area contributed by atoms with Crippen molar-refractivity contribution in [2.24, 2.45) is 0 Å². The molecule has 0 atom stereocenters. The van der Waals surface area contributed by atoms with Gasteiger partial charge < -0.3 is 29.8 Å². The fourth-order valence-corrected chi connectivity index (χ4v) is 4.63. The number of anilines is 2. The van der Waals surface area contributed by atoms with Crippen LogP contribution < -0.4 is 15.4 Å². The molecule has 0 bridgehead atoms. The molecule has 4 rings (SSSR count). The van der Waals surface area contributed by atoms with Crippen LogP contribution in [0.4, 0.5) is 24.3 Å². The standard InChI is InChI=1S/C24H26F3N5O4S/c1-28-8-9-32-19-7-4-15(20(34)3-2-11-35-12-10-33)13-18(19)29-22(32)31-23-30-17-6-5-16(14-21(17)37-23)36-24(25,26)27/h4-7,13-14,28,33H,2-3,8-12H2,1H3,(H,29,30,31).